The Morgan fingerprint density at radius 2 is 1.04 bits per heavy atom. The molecule has 57 heavy (non-hydrogen) atoms. The molecule has 1 saturated heterocycles. The normalized spacial score (nSPS) is 17.1. The molecule has 0 aromatic rings. The van der Waals surface area contributed by atoms with E-state index in [1.54, 1.807) is 0 Å². The van der Waals surface area contributed by atoms with Crippen LogP contribution in [0.2, 0.25) is 0 Å². The first kappa shape index (κ1) is 51.7. The summed E-state index contributed by atoms with van der Waals surface area (Å²) in [5.74, 6) is -1.04. The van der Waals surface area contributed by atoms with Crippen LogP contribution < -0.4 is 0 Å². The fourth-order valence-electron chi connectivity index (χ4n) is 5.42. The van der Waals surface area contributed by atoms with Crippen LogP contribution >= 0.6 is 7.82 Å². The second-order valence-corrected chi connectivity index (χ2v) is 15.2. The molecule has 0 saturated carbocycles. The summed E-state index contributed by atoms with van der Waals surface area (Å²) in [6, 6.07) is 0. The molecule has 1 aliphatic heterocycles. The van der Waals surface area contributed by atoms with Crippen molar-refractivity contribution in [1.82, 2.24) is 0 Å². The van der Waals surface area contributed by atoms with Gasteiger partial charge in [0.2, 0.25) is 0 Å². The predicted octanol–water partition coefficient (Wildman–Crippen LogP) is 12.2. The number of carbonyl (C=O) groups excluding carboxylic acids is 2. The van der Waals surface area contributed by atoms with Crippen LogP contribution in [0.1, 0.15) is 142 Å². The van der Waals surface area contributed by atoms with Crippen LogP contribution in [-0.2, 0) is 32.9 Å². The van der Waals surface area contributed by atoms with Crippen molar-refractivity contribution in [2.45, 2.75) is 161 Å². The number of ether oxygens (including phenoxy) is 3. The molecule has 2 unspecified atom stereocenters. The fraction of sp³-hybridized carbons (Fsp3) is 0.574. The molecule has 0 bridgehead atoms. The number of phosphoric acid groups is 1. The highest BCUT2D eigenvalue weighted by Crippen LogP contribution is 2.36. The highest BCUT2D eigenvalue weighted by Gasteiger charge is 2.35. The Balaban J connectivity index is 2.15. The molecular formula is C47H73O9P. The van der Waals surface area contributed by atoms with Gasteiger partial charge in [-0.2, -0.15) is 0 Å². The van der Waals surface area contributed by atoms with Gasteiger partial charge in [0.1, 0.15) is 6.61 Å². The van der Waals surface area contributed by atoms with Crippen molar-refractivity contribution in [1.29, 1.82) is 0 Å². The lowest BCUT2D eigenvalue weighted by atomic mass is 10.1. The first-order valence-corrected chi connectivity index (χ1v) is 22.8. The number of hydrogen-bond acceptors (Lipinski definition) is 7. The number of unbranched alkanes of at least 4 members (excludes halogenated alkanes) is 6. The Morgan fingerprint density at radius 1 is 0.561 bits per heavy atom. The highest BCUT2D eigenvalue weighted by atomic mass is 31.2. The van der Waals surface area contributed by atoms with E-state index in [1.165, 1.54) is 25.7 Å². The number of rotatable bonds is 36. The minimum atomic E-state index is -4.79. The van der Waals surface area contributed by atoms with E-state index in [9.17, 15) is 14.2 Å². The third kappa shape index (κ3) is 36.7. The van der Waals surface area contributed by atoms with Gasteiger partial charge >= 0.3 is 19.8 Å². The molecule has 10 heteroatoms. The minimum absolute atomic E-state index is 0.124. The Labute approximate surface area is 344 Å². The van der Waals surface area contributed by atoms with Crippen LogP contribution in [0.25, 0.3) is 0 Å². The molecule has 1 heterocycles. The second kappa shape index (κ2) is 37.0. The fourth-order valence-corrected chi connectivity index (χ4v) is 5.78. The topological polar surface area (TPSA) is 132 Å². The Morgan fingerprint density at radius 3 is 1.54 bits per heavy atom. The summed E-state index contributed by atoms with van der Waals surface area (Å²) in [6.07, 6.45) is 55.7. The van der Waals surface area contributed by atoms with Gasteiger partial charge in [-0.15, -0.1) is 0 Å². The zero-order valence-corrected chi connectivity index (χ0v) is 35.8. The molecule has 2 N–H and O–H groups in total. The molecule has 3 atom stereocenters. The minimum Gasteiger partial charge on any atom is -0.462 e. The lowest BCUT2D eigenvalue weighted by molar-refractivity contribution is -0.161. The smallest absolute Gasteiger partial charge is 0.462 e. The van der Waals surface area contributed by atoms with Gasteiger partial charge in [0, 0.05) is 12.8 Å². The maximum Gasteiger partial charge on any atom is 0.469 e. The van der Waals surface area contributed by atoms with Crippen LogP contribution in [0.5, 0.6) is 0 Å². The molecular weight excluding hydrogens is 739 g/mol. The van der Waals surface area contributed by atoms with Crippen molar-refractivity contribution in [3.05, 3.63) is 109 Å². The summed E-state index contributed by atoms with van der Waals surface area (Å²) in [6.45, 7) is 3.43. The number of epoxide rings is 1. The van der Waals surface area contributed by atoms with Gasteiger partial charge in [-0.25, -0.2) is 4.57 Å². The van der Waals surface area contributed by atoms with Gasteiger partial charge in [-0.05, 0) is 96.3 Å². The van der Waals surface area contributed by atoms with Crippen molar-refractivity contribution >= 4 is 19.8 Å². The molecule has 0 aromatic carbocycles. The Kier molecular flexibility index (Phi) is 33.5. The van der Waals surface area contributed by atoms with E-state index in [0.717, 1.165) is 77.0 Å². The summed E-state index contributed by atoms with van der Waals surface area (Å²) >= 11 is 0. The van der Waals surface area contributed by atoms with Crippen LogP contribution in [0.3, 0.4) is 0 Å². The lowest BCUT2D eigenvalue weighted by Gasteiger charge is -2.18. The largest absolute Gasteiger partial charge is 0.469 e. The maximum absolute atomic E-state index is 12.4. The molecule has 1 aliphatic rings. The van der Waals surface area contributed by atoms with Gasteiger partial charge < -0.3 is 24.0 Å². The monoisotopic (exact) mass is 812 g/mol. The van der Waals surface area contributed by atoms with Gasteiger partial charge in [0.05, 0.1) is 18.8 Å². The van der Waals surface area contributed by atoms with Crippen molar-refractivity contribution in [2.24, 2.45) is 0 Å². The lowest BCUT2D eigenvalue weighted by Crippen LogP contribution is -2.29. The number of hydrogen-bond donors (Lipinski definition) is 2. The standard InChI is InChI=1S/C47H73O9P/c1-3-5-7-8-9-10-11-12-13-14-15-16-17-18-23-26-29-32-36-40-47(49)55-43(42-54-57(50,51)52)41-53-46(48)39-35-31-28-25-22-20-19-21-24-27-30-34-38-45-44(56-45)37-33-6-4-2/h6,9-10,12-13,15-16,18,20-24,28,30-31,33-34,43-45H,3-5,7-8,11,14,17,19,25-27,29,32,35-42H2,1-2H3,(H2,50,51,52)/b10-9-,13-12-,16-15-,22-20-,23-18-,24-21-,31-28-,33-6-,34-30-/t43-,44?,45?/m1/s1. The van der Waals surface area contributed by atoms with E-state index >= 15 is 0 Å². The van der Waals surface area contributed by atoms with E-state index < -0.39 is 32.5 Å². The van der Waals surface area contributed by atoms with Crippen LogP contribution in [0.4, 0.5) is 0 Å². The van der Waals surface area contributed by atoms with Gasteiger partial charge in [0.15, 0.2) is 6.10 Å². The quantitative estimate of drug-likeness (QED) is 0.0209. The van der Waals surface area contributed by atoms with Crippen LogP contribution in [-0.4, -0.2) is 53.3 Å². The van der Waals surface area contributed by atoms with Gasteiger partial charge in [-0.1, -0.05) is 142 Å². The molecule has 0 aliphatic carbocycles. The average Bonchev–Trinajstić information content (AvgIpc) is 3.94. The van der Waals surface area contributed by atoms with E-state index in [0.29, 0.717) is 25.0 Å². The third-order valence-electron chi connectivity index (χ3n) is 8.69. The average molecular weight is 813 g/mol. The van der Waals surface area contributed by atoms with E-state index in [2.05, 4.69) is 116 Å². The number of esters is 2. The second-order valence-electron chi connectivity index (χ2n) is 14.0. The molecule has 0 amide bonds. The third-order valence-corrected chi connectivity index (χ3v) is 9.18. The van der Waals surface area contributed by atoms with Crippen LogP contribution in [0, 0.1) is 0 Å². The maximum atomic E-state index is 12.4. The summed E-state index contributed by atoms with van der Waals surface area (Å²) in [5.41, 5.74) is 0. The summed E-state index contributed by atoms with van der Waals surface area (Å²) in [5, 5.41) is 0. The van der Waals surface area contributed by atoms with E-state index in [1.807, 2.05) is 12.2 Å². The molecule has 320 valence electrons. The molecule has 9 nitrogen and oxygen atoms in total. The number of phosphoric ester groups is 1. The molecule has 0 spiro atoms. The van der Waals surface area contributed by atoms with Crippen molar-refractivity contribution in [3.8, 4) is 0 Å². The summed E-state index contributed by atoms with van der Waals surface area (Å²) < 4.78 is 32.0. The molecule has 0 aromatic heterocycles. The number of carbonyl (C=O) groups is 2. The van der Waals surface area contributed by atoms with E-state index in [4.69, 9.17) is 24.0 Å². The van der Waals surface area contributed by atoms with E-state index in [-0.39, 0.29) is 19.4 Å². The predicted molar refractivity (Wildman–Crippen MR) is 233 cm³/mol. The number of allylic oxidation sites excluding steroid dienone is 16. The SMILES string of the molecule is CC/C=C\CC1OC1C/C=C\C/C=C\C/C=C\C/C=C\CCC(=O)OC[C@H](COP(=O)(O)O)OC(=O)CCCCC/C=C\C/C=C\C/C=C\C/C=C\CCCCC. The first-order chi connectivity index (χ1) is 27.7. The van der Waals surface area contributed by atoms with Crippen molar-refractivity contribution in [2.75, 3.05) is 13.2 Å². The Bertz CT molecular complexity index is 1350. The Hall–Kier alpha value is -3.33. The van der Waals surface area contributed by atoms with Gasteiger partial charge in [-0.3, -0.25) is 14.1 Å². The zero-order chi connectivity index (χ0) is 41.5. The van der Waals surface area contributed by atoms with Crippen molar-refractivity contribution < 1.29 is 42.7 Å². The highest BCUT2D eigenvalue weighted by molar-refractivity contribution is 7.46. The van der Waals surface area contributed by atoms with Gasteiger partial charge in [0.25, 0.3) is 0 Å². The molecule has 1 fully saturated rings. The molecule has 0 radical (unpaired) electrons. The summed E-state index contributed by atoms with van der Waals surface area (Å²) in [7, 11) is -4.79. The first-order valence-electron chi connectivity index (χ1n) is 21.3. The zero-order valence-electron chi connectivity index (χ0n) is 34.9. The van der Waals surface area contributed by atoms with Crippen molar-refractivity contribution in [3.63, 3.8) is 0 Å². The summed E-state index contributed by atoms with van der Waals surface area (Å²) in [4.78, 5) is 42.9. The van der Waals surface area contributed by atoms with Crippen LogP contribution in [0.15, 0.2) is 109 Å². The molecule has 1 rings (SSSR count).